The number of rotatable bonds is 9. The molecule has 0 radical (unpaired) electrons. The summed E-state index contributed by atoms with van der Waals surface area (Å²) in [5.41, 5.74) is 1.29. The highest BCUT2D eigenvalue weighted by Gasteiger charge is 2.18. The number of thioether (sulfide) groups is 1. The Morgan fingerprint density at radius 3 is 2.76 bits per heavy atom. The number of benzene rings is 2. The van der Waals surface area contributed by atoms with Crippen molar-refractivity contribution < 1.29 is 13.7 Å². The number of halogens is 1. The van der Waals surface area contributed by atoms with E-state index in [0.717, 1.165) is 5.52 Å². The van der Waals surface area contributed by atoms with Crippen LogP contribution in [0.3, 0.4) is 0 Å². The lowest BCUT2D eigenvalue weighted by atomic mass is 10.2. The van der Waals surface area contributed by atoms with Gasteiger partial charge in [-0.2, -0.15) is 4.98 Å². The summed E-state index contributed by atoms with van der Waals surface area (Å²) in [7, 11) is 0. The van der Waals surface area contributed by atoms with Crippen molar-refractivity contribution in [1.82, 2.24) is 29.3 Å². The quantitative estimate of drug-likeness (QED) is 0.231. The molecule has 3 heterocycles. The van der Waals surface area contributed by atoms with Gasteiger partial charge in [-0.15, -0.1) is 10.2 Å². The van der Waals surface area contributed by atoms with Crippen LogP contribution < -0.4 is 5.56 Å². The Balaban J connectivity index is 1.45. The van der Waals surface area contributed by atoms with Gasteiger partial charge >= 0.3 is 0 Å². The van der Waals surface area contributed by atoms with E-state index in [1.54, 1.807) is 22.8 Å². The lowest BCUT2D eigenvalue weighted by molar-refractivity contribution is 0.141. The fraction of sp³-hybridized carbons (Fsp3) is 0.261. The van der Waals surface area contributed by atoms with Crippen molar-refractivity contribution >= 4 is 28.4 Å². The van der Waals surface area contributed by atoms with Gasteiger partial charge in [-0.05, 0) is 49.7 Å². The van der Waals surface area contributed by atoms with Gasteiger partial charge in [0.25, 0.3) is 5.56 Å². The predicted molar refractivity (Wildman–Crippen MR) is 125 cm³/mol. The van der Waals surface area contributed by atoms with Gasteiger partial charge < -0.3 is 9.26 Å². The number of para-hydroxylation sites is 1. The van der Waals surface area contributed by atoms with E-state index in [2.05, 4.69) is 20.3 Å². The molecule has 2 aromatic carbocycles. The zero-order valence-corrected chi connectivity index (χ0v) is 19.2. The molecular weight excluding hydrogens is 459 g/mol. The highest BCUT2D eigenvalue weighted by Crippen LogP contribution is 2.25. The van der Waals surface area contributed by atoms with Crippen LogP contribution in [0.1, 0.15) is 19.2 Å². The predicted octanol–water partition coefficient (Wildman–Crippen LogP) is 3.95. The van der Waals surface area contributed by atoms with Gasteiger partial charge in [0, 0.05) is 25.3 Å². The fourth-order valence-electron chi connectivity index (χ4n) is 3.65. The van der Waals surface area contributed by atoms with Crippen molar-refractivity contribution in [1.29, 1.82) is 0 Å². The third-order valence-electron chi connectivity index (χ3n) is 5.25. The van der Waals surface area contributed by atoms with Gasteiger partial charge in [-0.1, -0.05) is 29.1 Å². The maximum atomic E-state index is 13.2. The van der Waals surface area contributed by atoms with Crippen molar-refractivity contribution in [3.05, 3.63) is 70.6 Å². The highest BCUT2D eigenvalue weighted by atomic mass is 32.2. The van der Waals surface area contributed by atoms with Crippen molar-refractivity contribution in [2.75, 3.05) is 13.2 Å². The number of aryl methyl sites for hydroxylation is 1. The molecular formula is C23H21FN6O3S. The van der Waals surface area contributed by atoms with E-state index in [4.69, 9.17) is 9.26 Å². The van der Waals surface area contributed by atoms with Gasteiger partial charge in [-0.25, -0.2) is 4.39 Å². The van der Waals surface area contributed by atoms with Crippen LogP contribution in [0.25, 0.3) is 28.1 Å². The van der Waals surface area contributed by atoms with Gasteiger partial charge in [-0.3, -0.25) is 13.8 Å². The van der Waals surface area contributed by atoms with Crippen molar-refractivity contribution in [3.8, 4) is 11.4 Å². The van der Waals surface area contributed by atoms with E-state index < -0.39 is 0 Å². The van der Waals surface area contributed by atoms with E-state index in [9.17, 15) is 9.18 Å². The van der Waals surface area contributed by atoms with Gasteiger partial charge in [0.05, 0.1) is 16.7 Å². The van der Waals surface area contributed by atoms with E-state index in [1.165, 1.54) is 23.9 Å². The molecule has 11 heteroatoms. The maximum absolute atomic E-state index is 13.2. The molecule has 0 saturated heterocycles. The minimum Gasteiger partial charge on any atom is -0.382 e. The monoisotopic (exact) mass is 480 g/mol. The zero-order valence-electron chi connectivity index (χ0n) is 18.3. The Hall–Kier alpha value is -3.57. The van der Waals surface area contributed by atoms with Crippen molar-refractivity contribution in [3.63, 3.8) is 0 Å². The molecule has 0 aliphatic heterocycles. The first kappa shape index (κ1) is 22.2. The summed E-state index contributed by atoms with van der Waals surface area (Å²) in [6, 6.07) is 13.3. The summed E-state index contributed by atoms with van der Waals surface area (Å²) in [6.45, 7) is 3.60. The summed E-state index contributed by atoms with van der Waals surface area (Å²) in [5.74, 6) is 1.28. The second-order valence-corrected chi connectivity index (χ2v) is 8.39. The fourth-order valence-corrected chi connectivity index (χ4v) is 4.43. The van der Waals surface area contributed by atoms with Crippen LogP contribution in [0.15, 0.2) is 63.0 Å². The van der Waals surface area contributed by atoms with E-state index >= 15 is 0 Å². The largest absolute Gasteiger partial charge is 0.382 e. The van der Waals surface area contributed by atoms with Crippen LogP contribution in [-0.2, 0) is 17.0 Å². The average molecular weight is 481 g/mol. The normalized spacial score (nSPS) is 11.6. The van der Waals surface area contributed by atoms with Crippen molar-refractivity contribution in [2.24, 2.45) is 0 Å². The Morgan fingerprint density at radius 1 is 1.12 bits per heavy atom. The maximum Gasteiger partial charge on any atom is 0.262 e. The first-order valence-electron chi connectivity index (χ1n) is 10.8. The molecule has 0 amide bonds. The molecule has 0 spiro atoms. The molecule has 5 rings (SSSR count). The van der Waals surface area contributed by atoms with Gasteiger partial charge in [0.15, 0.2) is 5.16 Å². The summed E-state index contributed by atoms with van der Waals surface area (Å²) in [4.78, 5) is 17.5. The minimum absolute atomic E-state index is 0.107. The summed E-state index contributed by atoms with van der Waals surface area (Å²) >= 11 is 1.38. The molecule has 34 heavy (non-hydrogen) atoms. The molecule has 9 nitrogen and oxygen atoms in total. The minimum atomic E-state index is -0.328. The van der Waals surface area contributed by atoms with Crippen LogP contribution in [0.5, 0.6) is 0 Å². The molecule has 3 aromatic heterocycles. The molecule has 0 N–H and O–H groups in total. The van der Waals surface area contributed by atoms with Gasteiger partial charge in [0.1, 0.15) is 5.82 Å². The third-order valence-corrected chi connectivity index (χ3v) is 6.16. The first-order chi connectivity index (χ1) is 16.7. The zero-order chi connectivity index (χ0) is 23.5. The van der Waals surface area contributed by atoms with Crippen molar-refractivity contribution in [2.45, 2.75) is 30.8 Å². The highest BCUT2D eigenvalue weighted by molar-refractivity contribution is 7.98. The van der Waals surface area contributed by atoms with Crippen LogP contribution >= 0.6 is 11.8 Å². The average Bonchev–Trinajstić information content (AvgIpc) is 3.50. The Morgan fingerprint density at radius 2 is 1.94 bits per heavy atom. The molecule has 5 aromatic rings. The van der Waals surface area contributed by atoms with Crippen LogP contribution in [0, 0.1) is 5.82 Å². The van der Waals surface area contributed by atoms with Crippen LogP contribution in [0.2, 0.25) is 0 Å². The summed E-state index contributed by atoms with van der Waals surface area (Å²) < 4.78 is 27.5. The van der Waals surface area contributed by atoms with Gasteiger partial charge in [0.2, 0.25) is 17.5 Å². The second-order valence-electron chi connectivity index (χ2n) is 7.45. The summed E-state index contributed by atoms with van der Waals surface area (Å²) in [6.07, 6.45) is 0.686. The van der Waals surface area contributed by atoms with E-state index in [0.29, 0.717) is 65.5 Å². The van der Waals surface area contributed by atoms with Crippen LogP contribution in [0.4, 0.5) is 4.39 Å². The standard InChI is InChI=1S/C23H21FN6O3S/c1-2-32-13-5-12-29-21(31)17-6-3-4-7-18(17)30-22(29)26-27-23(30)34-14-19-25-20(28-33-19)15-8-10-16(24)11-9-15/h3-4,6-11H,2,5,12-14H2,1H3. The van der Waals surface area contributed by atoms with E-state index in [1.807, 2.05) is 29.5 Å². The summed E-state index contributed by atoms with van der Waals surface area (Å²) in [5, 5.41) is 13.8. The van der Waals surface area contributed by atoms with E-state index in [-0.39, 0.29) is 11.4 Å². The number of hydrogen-bond donors (Lipinski definition) is 0. The molecule has 0 atom stereocenters. The molecule has 174 valence electrons. The first-order valence-corrected chi connectivity index (χ1v) is 11.8. The molecule has 0 bridgehead atoms. The number of aromatic nitrogens is 6. The number of hydrogen-bond acceptors (Lipinski definition) is 8. The lowest BCUT2D eigenvalue weighted by Crippen LogP contribution is -2.24. The molecule has 0 aliphatic rings. The van der Waals surface area contributed by atoms with Crippen LogP contribution in [-0.4, -0.2) is 42.5 Å². The number of fused-ring (bicyclic) bond motifs is 3. The molecule has 0 aliphatic carbocycles. The Labute approximate surface area is 197 Å². The Kier molecular flexibility index (Phi) is 6.37. The number of ether oxygens (including phenoxy) is 1. The third kappa shape index (κ3) is 4.31. The number of nitrogens with zero attached hydrogens (tertiary/aromatic N) is 6. The second kappa shape index (κ2) is 9.74. The smallest absolute Gasteiger partial charge is 0.262 e. The lowest BCUT2D eigenvalue weighted by Gasteiger charge is -2.11. The topological polar surface area (TPSA) is 100 Å². The SMILES string of the molecule is CCOCCCn1c(=O)c2ccccc2n2c(SCc3nc(-c4ccc(F)cc4)no3)nnc12. The molecule has 0 fully saturated rings. The molecule has 0 saturated carbocycles. The molecule has 0 unspecified atom stereocenters. The Bertz CT molecular complexity index is 1490.